The maximum atomic E-state index is 13.0. The third-order valence-corrected chi connectivity index (χ3v) is 5.47. The number of nitrogens with one attached hydrogen (secondary N) is 1. The molecule has 0 radical (unpaired) electrons. The van der Waals surface area contributed by atoms with Crippen molar-refractivity contribution in [2.24, 2.45) is 5.73 Å². The highest BCUT2D eigenvalue weighted by atomic mass is 35.5. The molecule has 6 nitrogen and oxygen atoms in total. The lowest BCUT2D eigenvalue weighted by Gasteiger charge is -2.24. The molecule has 1 heterocycles. The Balaban J connectivity index is 1.40. The van der Waals surface area contributed by atoms with Crippen LogP contribution in [0.4, 0.5) is 11.4 Å². The largest absolute Gasteiger partial charge is 0.324 e. The first-order valence-electron chi connectivity index (χ1n) is 10.2. The van der Waals surface area contributed by atoms with Gasteiger partial charge in [0.2, 0.25) is 5.91 Å². The summed E-state index contributed by atoms with van der Waals surface area (Å²) in [6.07, 6.45) is 5.39. The lowest BCUT2D eigenvalue weighted by molar-refractivity contribution is -0.119. The van der Waals surface area contributed by atoms with Crippen molar-refractivity contribution in [2.45, 2.75) is 31.3 Å². The molecular formula is C24H23ClN4O2. The van der Waals surface area contributed by atoms with Crippen LogP contribution in [0.1, 0.15) is 41.2 Å². The molecule has 0 saturated heterocycles. The summed E-state index contributed by atoms with van der Waals surface area (Å²) in [4.78, 5) is 31.2. The third kappa shape index (κ3) is 5.29. The second-order valence-electron chi connectivity index (χ2n) is 7.59. The zero-order chi connectivity index (χ0) is 21.8. The third-order valence-electron chi connectivity index (χ3n) is 5.22. The lowest BCUT2D eigenvalue weighted by atomic mass is 10.0. The topological polar surface area (TPSA) is 88.3 Å². The second-order valence-corrected chi connectivity index (χ2v) is 8.03. The Morgan fingerprint density at radius 3 is 2.29 bits per heavy atom. The van der Waals surface area contributed by atoms with Crippen LogP contribution >= 0.6 is 11.6 Å². The van der Waals surface area contributed by atoms with E-state index in [-0.39, 0.29) is 24.3 Å². The number of anilines is 2. The number of nitrogens with two attached hydrogens (primary N) is 1. The molecule has 158 valence electrons. The zero-order valence-corrected chi connectivity index (χ0v) is 17.6. The highest BCUT2D eigenvalue weighted by Crippen LogP contribution is 2.33. The van der Waals surface area contributed by atoms with Crippen molar-refractivity contribution >= 4 is 34.8 Å². The normalized spacial score (nSPS) is 14.0. The molecular weight excluding hydrogens is 412 g/mol. The van der Waals surface area contributed by atoms with Crippen molar-refractivity contribution in [3.8, 4) is 0 Å². The Labute approximate surface area is 186 Å². The zero-order valence-electron chi connectivity index (χ0n) is 16.9. The van der Waals surface area contributed by atoms with Crippen LogP contribution in [0.15, 0.2) is 73.1 Å². The average molecular weight is 435 g/mol. The molecule has 2 amide bonds. The van der Waals surface area contributed by atoms with E-state index >= 15 is 0 Å². The molecule has 1 aromatic heterocycles. The molecule has 4 rings (SSSR count). The van der Waals surface area contributed by atoms with Crippen molar-refractivity contribution in [3.05, 3.63) is 89.2 Å². The quantitative estimate of drug-likeness (QED) is 0.570. The van der Waals surface area contributed by atoms with Crippen molar-refractivity contribution < 1.29 is 9.59 Å². The summed E-state index contributed by atoms with van der Waals surface area (Å²) in [5.74, 6) is -0.234. The van der Waals surface area contributed by atoms with Gasteiger partial charge in [0, 0.05) is 52.9 Å². The fourth-order valence-corrected chi connectivity index (χ4v) is 3.54. The fourth-order valence-electron chi connectivity index (χ4n) is 3.42. The first-order chi connectivity index (χ1) is 15.0. The van der Waals surface area contributed by atoms with E-state index < -0.39 is 6.04 Å². The first kappa shape index (κ1) is 21.0. The van der Waals surface area contributed by atoms with E-state index in [1.807, 2.05) is 17.0 Å². The Kier molecular flexibility index (Phi) is 6.30. The Morgan fingerprint density at radius 2 is 1.68 bits per heavy atom. The molecule has 1 saturated carbocycles. The molecule has 2 aromatic carbocycles. The minimum atomic E-state index is -0.460. The summed E-state index contributed by atoms with van der Waals surface area (Å²) in [6.45, 7) is 0. The van der Waals surface area contributed by atoms with Gasteiger partial charge in [-0.05, 0) is 66.9 Å². The summed E-state index contributed by atoms with van der Waals surface area (Å²) in [6, 6.07) is 17.5. The van der Waals surface area contributed by atoms with E-state index in [0.717, 1.165) is 24.1 Å². The smallest absolute Gasteiger partial charge is 0.255 e. The molecule has 1 aliphatic carbocycles. The van der Waals surface area contributed by atoms with Crippen molar-refractivity contribution in [2.75, 3.05) is 10.2 Å². The molecule has 0 spiro atoms. The molecule has 31 heavy (non-hydrogen) atoms. The van der Waals surface area contributed by atoms with E-state index in [0.29, 0.717) is 16.3 Å². The standard InChI is InChI=1S/C24H23ClN4O2/c25-18-5-7-20(8-6-18)29(21-9-10-21)23(30)15-22(26)16-1-3-17(4-2-16)24(31)28-19-11-13-27-14-12-19/h1-8,11-14,21-22H,9-10,15,26H2,(H,27,28,31). The predicted octanol–water partition coefficient (Wildman–Crippen LogP) is 4.57. The Bertz CT molecular complexity index is 1050. The van der Waals surface area contributed by atoms with Gasteiger partial charge in [-0.2, -0.15) is 0 Å². The van der Waals surface area contributed by atoms with Gasteiger partial charge >= 0.3 is 0 Å². The van der Waals surface area contributed by atoms with Crippen molar-refractivity contribution in [3.63, 3.8) is 0 Å². The number of aromatic nitrogens is 1. The predicted molar refractivity (Wildman–Crippen MR) is 122 cm³/mol. The maximum Gasteiger partial charge on any atom is 0.255 e. The van der Waals surface area contributed by atoms with Crippen LogP contribution < -0.4 is 16.0 Å². The van der Waals surface area contributed by atoms with Crippen LogP contribution in [0.25, 0.3) is 0 Å². The van der Waals surface area contributed by atoms with E-state index in [9.17, 15) is 9.59 Å². The minimum Gasteiger partial charge on any atom is -0.324 e. The number of hydrogen-bond acceptors (Lipinski definition) is 4. The number of carbonyl (C=O) groups excluding carboxylic acids is 2. The van der Waals surface area contributed by atoms with Crippen LogP contribution in [-0.4, -0.2) is 22.8 Å². The van der Waals surface area contributed by atoms with E-state index in [2.05, 4.69) is 10.3 Å². The number of carbonyl (C=O) groups is 2. The number of rotatable bonds is 7. The van der Waals surface area contributed by atoms with Gasteiger partial charge in [0.25, 0.3) is 5.91 Å². The van der Waals surface area contributed by atoms with Crippen molar-refractivity contribution in [1.82, 2.24) is 4.98 Å². The number of benzene rings is 2. The summed E-state index contributed by atoms with van der Waals surface area (Å²) in [7, 11) is 0. The second kappa shape index (κ2) is 9.29. The molecule has 3 N–H and O–H groups in total. The average Bonchev–Trinajstić information content (AvgIpc) is 3.61. The minimum absolute atomic E-state index is 0.0168. The van der Waals surface area contributed by atoms with Gasteiger partial charge < -0.3 is 16.0 Å². The monoisotopic (exact) mass is 434 g/mol. The summed E-state index contributed by atoms with van der Waals surface area (Å²) >= 11 is 5.98. The van der Waals surface area contributed by atoms with Gasteiger partial charge in [-0.15, -0.1) is 0 Å². The number of amides is 2. The number of hydrogen-bond donors (Lipinski definition) is 2. The summed E-state index contributed by atoms with van der Waals surface area (Å²) < 4.78 is 0. The highest BCUT2D eigenvalue weighted by molar-refractivity contribution is 6.30. The van der Waals surface area contributed by atoms with Gasteiger partial charge in [-0.1, -0.05) is 23.7 Å². The molecule has 0 aliphatic heterocycles. The lowest BCUT2D eigenvalue weighted by Crippen LogP contribution is -2.35. The van der Waals surface area contributed by atoms with Crippen LogP contribution in [-0.2, 0) is 4.79 Å². The first-order valence-corrected chi connectivity index (χ1v) is 10.5. The Hall–Kier alpha value is -3.22. The van der Waals surface area contributed by atoms with Crippen LogP contribution in [0, 0.1) is 0 Å². The maximum absolute atomic E-state index is 13.0. The van der Waals surface area contributed by atoms with Crippen LogP contribution in [0.5, 0.6) is 0 Å². The van der Waals surface area contributed by atoms with E-state index in [4.69, 9.17) is 17.3 Å². The van der Waals surface area contributed by atoms with E-state index in [1.165, 1.54) is 0 Å². The van der Waals surface area contributed by atoms with Gasteiger partial charge in [-0.25, -0.2) is 0 Å². The molecule has 1 aliphatic rings. The molecule has 0 bridgehead atoms. The van der Waals surface area contributed by atoms with Crippen LogP contribution in [0.2, 0.25) is 5.02 Å². The highest BCUT2D eigenvalue weighted by Gasteiger charge is 2.34. The number of pyridine rings is 1. The molecule has 1 atom stereocenters. The summed E-state index contributed by atoms with van der Waals surface area (Å²) in [5, 5.41) is 3.45. The summed E-state index contributed by atoms with van der Waals surface area (Å²) in [5.41, 5.74) is 9.16. The number of nitrogens with zero attached hydrogens (tertiary/aromatic N) is 2. The molecule has 1 fully saturated rings. The Morgan fingerprint density at radius 1 is 1.03 bits per heavy atom. The molecule has 1 unspecified atom stereocenters. The van der Waals surface area contributed by atoms with Gasteiger partial charge in [-0.3, -0.25) is 14.6 Å². The molecule has 7 heteroatoms. The fraction of sp³-hybridized carbons (Fsp3) is 0.208. The van der Waals surface area contributed by atoms with Gasteiger partial charge in [0.05, 0.1) is 0 Å². The molecule has 3 aromatic rings. The number of halogens is 1. The SMILES string of the molecule is NC(CC(=O)N(c1ccc(Cl)cc1)C1CC1)c1ccc(C(=O)Nc2ccncc2)cc1. The van der Waals surface area contributed by atoms with Gasteiger partial charge in [0.15, 0.2) is 0 Å². The van der Waals surface area contributed by atoms with Gasteiger partial charge in [0.1, 0.15) is 0 Å². The van der Waals surface area contributed by atoms with Crippen molar-refractivity contribution in [1.29, 1.82) is 0 Å². The van der Waals surface area contributed by atoms with E-state index in [1.54, 1.807) is 60.9 Å². The van der Waals surface area contributed by atoms with Crippen LogP contribution in [0.3, 0.4) is 0 Å².